The number of carbonyl (C=O) groups excluding carboxylic acids is 1. The molecule has 1 atom stereocenters. The molecule has 5 rings (SSSR count). The molecule has 15 nitrogen and oxygen atoms in total. The third kappa shape index (κ3) is 8.35. The van der Waals surface area contributed by atoms with Gasteiger partial charge in [-0.1, -0.05) is 17.7 Å². The minimum Gasteiger partial charge on any atom is -0.496 e. The van der Waals surface area contributed by atoms with Crippen LogP contribution in [-0.4, -0.2) is 72.7 Å². The molecule has 3 N–H and O–H groups in total. The number of nitrogens with one attached hydrogen (secondary N) is 2. The molecule has 16 heteroatoms. The standard InChI is InChI=1S/C38H38N2O13S/c1-22-7-14-27(15-8-22)54(45,46)40-38(2,37(43)44)39-36(42)23-9-12-25(13-10-23)51-17-18-52-35-33(41)32-30(50-6)20-26(47-3)21-31(32)53-34(35)24-11-16-28(48-4)29(19-24)49-5/h7-16,19-21,40H,17-18H2,1-6H3,(H,39,42)(H,43,44). The van der Waals surface area contributed by atoms with Crippen molar-refractivity contribution in [3.8, 4) is 45.8 Å². The molecule has 54 heavy (non-hydrogen) atoms. The Bertz CT molecular complexity index is 2340. The Morgan fingerprint density at radius 1 is 0.778 bits per heavy atom. The second-order valence-electron chi connectivity index (χ2n) is 11.9. The lowest BCUT2D eigenvalue weighted by atomic mass is 10.1. The molecule has 0 aliphatic carbocycles. The van der Waals surface area contributed by atoms with E-state index in [-0.39, 0.29) is 51.9 Å². The number of benzene rings is 4. The van der Waals surface area contributed by atoms with Crippen LogP contribution in [0, 0.1) is 6.92 Å². The van der Waals surface area contributed by atoms with Gasteiger partial charge in [-0.2, -0.15) is 4.72 Å². The number of sulfonamides is 1. The van der Waals surface area contributed by atoms with Gasteiger partial charge in [0.1, 0.15) is 41.4 Å². The van der Waals surface area contributed by atoms with E-state index in [1.165, 1.54) is 64.8 Å². The molecule has 1 unspecified atom stereocenters. The van der Waals surface area contributed by atoms with E-state index in [1.807, 2.05) is 0 Å². The zero-order chi connectivity index (χ0) is 39.2. The van der Waals surface area contributed by atoms with Crippen molar-refractivity contribution < 1.29 is 56.0 Å². The maximum Gasteiger partial charge on any atom is 0.345 e. The molecular weight excluding hydrogens is 724 g/mol. The Hall–Kier alpha value is -6.26. The number of hydrogen-bond acceptors (Lipinski definition) is 12. The van der Waals surface area contributed by atoms with Gasteiger partial charge < -0.3 is 43.3 Å². The Morgan fingerprint density at radius 2 is 1.43 bits per heavy atom. The Balaban J connectivity index is 1.31. The second-order valence-corrected chi connectivity index (χ2v) is 13.6. The third-order valence-electron chi connectivity index (χ3n) is 8.17. The average molecular weight is 763 g/mol. The normalized spacial score (nSPS) is 12.3. The van der Waals surface area contributed by atoms with E-state index < -0.39 is 33.0 Å². The van der Waals surface area contributed by atoms with E-state index in [0.717, 1.165) is 12.5 Å². The highest BCUT2D eigenvalue weighted by atomic mass is 32.2. The lowest BCUT2D eigenvalue weighted by Crippen LogP contribution is -2.63. The lowest BCUT2D eigenvalue weighted by molar-refractivity contribution is -0.144. The number of fused-ring (bicyclic) bond motifs is 1. The number of aliphatic carboxylic acids is 1. The van der Waals surface area contributed by atoms with Crippen molar-refractivity contribution in [2.24, 2.45) is 0 Å². The number of carbonyl (C=O) groups is 2. The number of rotatable bonds is 16. The van der Waals surface area contributed by atoms with E-state index in [4.69, 9.17) is 32.8 Å². The molecule has 0 fully saturated rings. The van der Waals surface area contributed by atoms with E-state index in [9.17, 15) is 27.9 Å². The van der Waals surface area contributed by atoms with E-state index in [1.54, 1.807) is 49.4 Å². The summed E-state index contributed by atoms with van der Waals surface area (Å²) in [6.07, 6.45) is 0. The van der Waals surface area contributed by atoms with E-state index in [0.29, 0.717) is 28.6 Å². The zero-order valence-electron chi connectivity index (χ0n) is 30.2. The quantitative estimate of drug-likeness (QED) is 0.0919. The zero-order valence-corrected chi connectivity index (χ0v) is 31.0. The predicted molar refractivity (Wildman–Crippen MR) is 197 cm³/mol. The first-order valence-corrected chi connectivity index (χ1v) is 17.7. The van der Waals surface area contributed by atoms with Gasteiger partial charge in [-0.25, -0.2) is 13.2 Å². The Kier molecular flexibility index (Phi) is 11.7. The minimum absolute atomic E-state index is 0.0273. The van der Waals surface area contributed by atoms with Crippen molar-refractivity contribution in [1.82, 2.24) is 10.0 Å². The Morgan fingerprint density at radius 3 is 2.04 bits per heavy atom. The first-order chi connectivity index (χ1) is 25.7. The number of methoxy groups -OCH3 is 4. The number of aryl methyl sites for hydroxylation is 1. The van der Waals surface area contributed by atoms with Crippen LogP contribution in [0.3, 0.4) is 0 Å². The highest BCUT2D eigenvalue weighted by molar-refractivity contribution is 7.89. The highest BCUT2D eigenvalue weighted by Gasteiger charge is 2.40. The van der Waals surface area contributed by atoms with Crippen LogP contribution in [0.25, 0.3) is 22.3 Å². The molecule has 1 aromatic heterocycles. The monoisotopic (exact) mass is 762 g/mol. The summed E-state index contributed by atoms with van der Waals surface area (Å²) in [4.78, 5) is 39.0. The smallest absolute Gasteiger partial charge is 0.345 e. The lowest BCUT2D eigenvalue weighted by Gasteiger charge is -2.27. The van der Waals surface area contributed by atoms with Gasteiger partial charge in [-0.15, -0.1) is 0 Å². The maximum absolute atomic E-state index is 13.9. The number of hydrogen-bond donors (Lipinski definition) is 3. The van der Waals surface area contributed by atoms with Crippen molar-refractivity contribution in [1.29, 1.82) is 0 Å². The van der Waals surface area contributed by atoms with Crippen molar-refractivity contribution in [2.45, 2.75) is 24.4 Å². The van der Waals surface area contributed by atoms with Crippen LogP contribution in [0.2, 0.25) is 0 Å². The van der Waals surface area contributed by atoms with Crippen LogP contribution in [0.4, 0.5) is 0 Å². The SMILES string of the molecule is COc1cc(OC)c2c(=O)c(OCCOc3ccc(C(=O)NC(C)(NS(=O)(=O)c4ccc(C)cc4)C(=O)O)cc3)c(-c3ccc(OC)c(OC)c3)oc2c1. The fourth-order valence-corrected chi connectivity index (χ4v) is 6.58. The Labute approximate surface area is 310 Å². The minimum atomic E-state index is -4.32. The first-order valence-electron chi connectivity index (χ1n) is 16.2. The second kappa shape index (κ2) is 16.2. The van der Waals surface area contributed by atoms with Crippen LogP contribution in [0.5, 0.6) is 34.5 Å². The van der Waals surface area contributed by atoms with Crippen molar-refractivity contribution in [3.63, 3.8) is 0 Å². The molecule has 1 amide bonds. The highest BCUT2D eigenvalue weighted by Crippen LogP contribution is 2.39. The van der Waals surface area contributed by atoms with Gasteiger partial charge >= 0.3 is 5.97 Å². The summed E-state index contributed by atoms with van der Waals surface area (Å²) in [6, 6.07) is 19.5. The van der Waals surface area contributed by atoms with Gasteiger partial charge in [0.25, 0.3) is 5.91 Å². The summed E-state index contributed by atoms with van der Waals surface area (Å²) in [5.74, 6) is -0.703. The molecule has 0 saturated carbocycles. The molecule has 0 aliphatic heterocycles. The topological polar surface area (TPSA) is 198 Å². The fourth-order valence-electron chi connectivity index (χ4n) is 5.29. The maximum atomic E-state index is 13.9. The van der Waals surface area contributed by atoms with E-state index in [2.05, 4.69) is 10.0 Å². The summed E-state index contributed by atoms with van der Waals surface area (Å²) in [5, 5.41) is 12.2. The summed E-state index contributed by atoms with van der Waals surface area (Å²) in [7, 11) is 1.55. The number of amides is 1. The summed E-state index contributed by atoms with van der Waals surface area (Å²) >= 11 is 0. The molecule has 0 spiro atoms. The van der Waals surface area contributed by atoms with Crippen LogP contribution in [0.1, 0.15) is 22.8 Å². The van der Waals surface area contributed by atoms with Crippen molar-refractivity contribution in [2.75, 3.05) is 41.7 Å². The first kappa shape index (κ1) is 39.0. The molecule has 0 bridgehead atoms. The van der Waals surface area contributed by atoms with Gasteiger partial charge in [-0.05, 0) is 68.4 Å². The van der Waals surface area contributed by atoms with Crippen LogP contribution < -0.4 is 43.9 Å². The summed E-state index contributed by atoms with van der Waals surface area (Å²) in [5.41, 5.74) is -1.40. The van der Waals surface area contributed by atoms with Crippen LogP contribution >= 0.6 is 0 Å². The van der Waals surface area contributed by atoms with Gasteiger partial charge in [0, 0.05) is 23.3 Å². The average Bonchev–Trinajstić information content (AvgIpc) is 3.16. The molecule has 5 aromatic rings. The molecule has 284 valence electrons. The molecule has 1 heterocycles. The van der Waals surface area contributed by atoms with Crippen molar-refractivity contribution in [3.05, 3.63) is 100 Å². The molecule has 4 aromatic carbocycles. The molecule has 0 aliphatic rings. The predicted octanol–water partition coefficient (Wildman–Crippen LogP) is 4.77. The van der Waals surface area contributed by atoms with Gasteiger partial charge in [-0.3, -0.25) is 9.59 Å². The summed E-state index contributed by atoms with van der Waals surface area (Å²) < 4.78 is 67.5. The van der Waals surface area contributed by atoms with Crippen LogP contribution in [-0.2, 0) is 14.8 Å². The van der Waals surface area contributed by atoms with Crippen molar-refractivity contribution >= 4 is 32.9 Å². The largest absolute Gasteiger partial charge is 0.496 e. The van der Waals surface area contributed by atoms with Crippen LogP contribution in [0.15, 0.2) is 93.0 Å². The molecule has 0 radical (unpaired) electrons. The van der Waals surface area contributed by atoms with Gasteiger partial charge in [0.15, 0.2) is 17.3 Å². The van der Waals surface area contributed by atoms with Gasteiger partial charge in [0.05, 0.1) is 33.3 Å². The fraction of sp³-hybridized carbons (Fsp3) is 0.237. The molecule has 0 saturated heterocycles. The number of carboxylic acids is 1. The summed E-state index contributed by atoms with van der Waals surface area (Å²) in [6.45, 7) is 2.63. The number of carboxylic acid groups (broad SMARTS) is 1. The van der Waals surface area contributed by atoms with E-state index >= 15 is 0 Å². The number of ether oxygens (including phenoxy) is 6. The van der Waals surface area contributed by atoms with Gasteiger partial charge in [0.2, 0.25) is 26.9 Å². The molecular formula is C38H38N2O13S. The third-order valence-corrected chi connectivity index (χ3v) is 9.74.